The van der Waals surface area contributed by atoms with Gasteiger partial charge in [-0.2, -0.15) is 0 Å². The number of hydrogen-bond acceptors (Lipinski definition) is 4. The average molecular weight is 865 g/mol. The maximum absolute atomic E-state index is 12.5. The van der Waals surface area contributed by atoms with Crippen LogP contribution in [-0.2, 0) is 27.1 Å². The SMILES string of the molecule is C/C(=C/N(C)c1ccccc1)c1ccnc(-c2cc(-c3cccc4c3nc(-c3cc(C(C)(C)C)cc(C(C)(C)C)c3O)n4-c3cc(C(C)(C)C)cc(C(C)(C)C)c3)cc(C(C)(C)C)c2)c1. The number of benzene rings is 5. The van der Waals surface area contributed by atoms with E-state index in [1.54, 1.807) is 0 Å². The van der Waals surface area contributed by atoms with Gasteiger partial charge in [-0.15, -0.1) is 0 Å². The van der Waals surface area contributed by atoms with E-state index in [9.17, 15) is 5.11 Å². The van der Waals surface area contributed by atoms with Crippen LogP contribution >= 0.6 is 0 Å². The summed E-state index contributed by atoms with van der Waals surface area (Å²) in [6, 6.07) is 39.5. The van der Waals surface area contributed by atoms with Crippen molar-refractivity contribution in [1.29, 1.82) is 0 Å². The molecular formula is C60H72N4O. The lowest BCUT2D eigenvalue weighted by atomic mass is 9.78. The fraction of sp³-hybridized carbons (Fsp3) is 0.367. The topological polar surface area (TPSA) is 54.2 Å². The number of aromatic nitrogens is 3. The Morgan fingerprint density at radius 3 is 1.72 bits per heavy atom. The van der Waals surface area contributed by atoms with Crippen molar-refractivity contribution in [2.45, 2.75) is 138 Å². The van der Waals surface area contributed by atoms with Gasteiger partial charge in [-0.1, -0.05) is 152 Å². The van der Waals surface area contributed by atoms with Gasteiger partial charge in [0, 0.05) is 47.5 Å². The minimum Gasteiger partial charge on any atom is -0.507 e. The maximum Gasteiger partial charge on any atom is 0.149 e. The van der Waals surface area contributed by atoms with Crippen LogP contribution in [0.3, 0.4) is 0 Å². The maximum atomic E-state index is 12.5. The van der Waals surface area contributed by atoms with Gasteiger partial charge in [0.05, 0.1) is 22.3 Å². The summed E-state index contributed by atoms with van der Waals surface area (Å²) in [5, 5.41) is 12.5. The molecule has 0 spiro atoms. The number of aromatic hydroxyl groups is 1. The number of hydrogen-bond donors (Lipinski definition) is 1. The van der Waals surface area contributed by atoms with E-state index in [2.05, 4.69) is 237 Å². The summed E-state index contributed by atoms with van der Waals surface area (Å²) in [6.45, 7) is 35.9. The first-order valence-corrected chi connectivity index (χ1v) is 23.3. The Labute approximate surface area is 390 Å². The molecule has 5 heteroatoms. The molecule has 0 fully saturated rings. The molecule has 0 aliphatic rings. The minimum absolute atomic E-state index is 0.104. The normalized spacial score (nSPS) is 13.2. The van der Waals surface area contributed by atoms with Crippen molar-refractivity contribution in [2.24, 2.45) is 0 Å². The van der Waals surface area contributed by atoms with E-state index in [0.717, 1.165) is 78.4 Å². The molecule has 65 heavy (non-hydrogen) atoms. The van der Waals surface area contributed by atoms with Crippen LogP contribution in [0.4, 0.5) is 5.69 Å². The molecule has 2 aromatic heterocycles. The van der Waals surface area contributed by atoms with Crippen molar-refractivity contribution in [3.8, 4) is 45.2 Å². The average Bonchev–Trinajstić information content (AvgIpc) is 3.61. The van der Waals surface area contributed by atoms with Crippen LogP contribution in [0.1, 0.15) is 144 Å². The van der Waals surface area contributed by atoms with Crippen molar-refractivity contribution >= 4 is 22.3 Å². The van der Waals surface area contributed by atoms with Gasteiger partial charge in [0.15, 0.2) is 0 Å². The van der Waals surface area contributed by atoms with E-state index in [-0.39, 0.29) is 32.8 Å². The molecule has 7 rings (SSSR count). The minimum atomic E-state index is -0.311. The van der Waals surface area contributed by atoms with Crippen molar-refractivity contribution in [3.63, 3.8) is 0 Å². The van der Waals surface area contributed by atoms with E-state index in [0.29, 0.717) is 0 Å². The highest BCUT2D eigenvalue weighted by atomic mass is 16.3. The Morgan fingerprint density at radius 1 is 0.569 bits per heavy atom. The summed E-state index contributed by atoms with van der Waals surface area (Å²) in [4.78, 5) is 12.8. The van der Waals surface area contributed by atoms with E-state index >= 15 is 0 Å². The molecular weight excluding hydrogens is 793 g/mol. The zero-order valence-electron chi connectivity index (χ0n) is 42.3. The second-order valence-corrected chi connectivity index (χ2v) is 23.4. The Hall–Kier alpha value is -5.94. The first kappa shape index (κ1) is 47.0. The van der Waals surface area contributed by atoms with Gasteiger partial charge < -0.3 is 10.0 Å². The number of rotatable bonds is 7. The van der Waals surface area contributed by atoms with E-state index in [1.165, 1.54) is 16.7 Å². The third-order valence-corrected chi connectivity index (χ3v) is 12.8. The van der Waals surface area contributed by atoms with E-state index in [1.807, 2.05) is 12.3 Å². The van der Waals surface area contributed by atoms with Gasteiger partial charge >= 0.3 is 0 Å². The summed E-state index contributed by atoms with van der Waals surface area (Å²) in [5.74, 6) is 0.991. The van der Waals surface area contributed by atoms with Gasteiger partial charge in [-0.3, -0.25) is 9.55 Å². The molecule has 0 saturated heterocycles. The highest BCUT2D eigenvalue weighted by Gasteiger charge is 2.30. The zero-order valence-corrected chi connectivity index (χ0v) is 42.3. The molecule has 0 aliphatic heterocycles. The molecule has 0 radical (unpaired) electrons. The van der Waals surface area contributed by atoms with Crippen LogP contribution in [0.5, 0.6) is 5.75 Å². The molecule has 5 aromatic carbocycles. The van der Waals surface area contributed by atoms with Crippen molar-refractivity contribution < 1.29 is 5.11 Å². The van der Waals surface area contributed by atoms with Gasteiger partial charge in [0.2, 0.25) is 0 Å². The number of pyridine rings is 1. The Balaban J connectivity index is 1.52. The van der Waals surface area contributed by atoms with Gasteiger partial charge in [-0.05, 0) is 134 Å². The summed E-state index contributed by atoms with van der Waals surface area (Å²) in [6.07, 6.45) is 4.10. The summed E-state index contributed by atoms with van der Waals surface area (Å²) >= 11 is 0. The number of para-hydroxylation sites is 2. The zero-order chi connectivity index (χ0) is 47.6. The fourth-order valence-corrected chi connectivity index (χ4v) is 8.49. The highest BCUT2D eigenvalue weighted by molar-refractivity contribution is 5.97. The molecule has 2 heterocycles. The van der Waals surface area contributed by atoms with Crippen LogP contribution in [0.25, 0.3) is 56.1 Å². The van der Waals surface area contributed by atoms with Crippen molar-refractivity contribution in [2.75, 3.05) is 11.9 Å². The number of allylic oxidation sites excluding steroid dienone is 1. The van der Waals surface area contributed by atoms with E-state index in [4.69, 9.17) is 9.97 Å². The first-order chi connectivity index (χ1) is 30.1. The molecule has 0 unspecified atom stereocenters. The lowest BCUT2D eigenvalue weighted by molar-refractivity contribution is 0.446. The van der Waals surface area contributed by atoms with Crippen molar-refractivity contribution in [1.82, 2.24) is 14.5 Å². The van der Waals surface area contributed by atoms with Gasteiger partial charge in [0.1, 0.15) is 11.6 Å². The number of nitrogens with zero attached hydrogens (tertiary/aromatic N) is 4. The molecule has 5 nitrogen and oxygen atoms in total. The monoisotopic (exact) mass is 865 g/mol. The van der Waals surface area contributed by atoms with Crippen LogP contribution in [0.15, 0.2) is 122 Å². The second-order valence-electron chi connectivity index (χ2n) is 23.4. The first-order valence-electron chi connectivity index (χ1n) is 23.3. The van der Waals surface area contributed by atoms with E-state index < -0.39 is 0 Å². The van der Waals surface area contributed by atoms with Crippen molar-refractivity contribution in [3.05, 3.63) is 155 Å². The summed E-state index contributed by atoms with van der Waals surface area (Å²) in [7, 11) is 2.09. The van der Waals surface area contributed by atoms with Gasteiger partial charge in [-0.25, -0.2) is 4.98 Å². The quantitative estimate of drug-likeness (QED) is 0.173. The van der Waals surface area contributed by atoms with Crippen LogP contribution in [-0.4, -0.2) is 26.7 Å². The van der Waals surface area contributed by atoms with Gasteiger partial charge in [0.25, 0.3) is 0 Å². The number of phenols is 1. The summed E-state index contributed by atoms with van der Waals surface area (Å²) < 4.78 is 2.30. The number of anilines is 1. The second kappa shape index (κ2) is 16.8. The Morgan fingerprint density at radius 2 is 1.14 bits per heavy atom. The fourth-order valence-electron chi connectivity index (χ4n) is 8.49. The lowest BCUT2D eigenvalue weighted by Gasteiger charge is -2.28. The third kappa shape index (κ3) is 9.86. The number of fused-ring (bicyclic) bond motifs is 1. The number of phenolic OH excluding ortho intramolecular Hbond substituents is 1. The Bertz CT molecular complexity index is 2880. The number of imidazole rings is 1. The predicted octanol–water partition coefficient (Wildman–Crippen LogP) is 16.1. The molecule has 7 aromatic rings. The highest BCUT2D eigenvalue weighted by Crippen LogP contribution is 2.46. The molecule has 0 amide bonds. The molecule has 338 valence electrons. The van der Waals surface area contributed by atoms with Crippen LogP contribution in [0.2, 0.25) is 0 Å². The third-order valence-electron chi connectivity index (χ3n) is 12.8. The lowest BCUT2D eigenvalue weighted by Crippen LogP contribution is -2.18. The standard InChI is InChI=1S/C60H72N4O/c1-38(37-63(17)46-22-19-18-20-23-46)39-26-27-61-51(31-39)41-28-40(29-42(30-41)56(2,3)4)48-24-21-25-52-53(48)62-55(49-35-45(59(11,12)13)36-50(54(49)65)60(14,15)16)64(52)47-33-43(57(5,6)7)32-44(34-47)58(8,9)10/h18-37,65H,1-17H3/b38-37-. The summed E-state index contributed by atoms with van der Waals surface area (Å²) in [5.41, 5.74) is 16.0. The Kier molecular flexibility index (Phi) is 12.2. The predicted molar refractivity (Wildman–Crippen MR) is 279 cm³/mol. The molecule has 1 N–H and O–H groups in total. The molecule has 0 atom stereocenters. The van der Waals surface area contributed by atoms with Crippen LogP contribution < -0.4 is 4.90 Å². The molecule has 0 saturated carbocycles. The molecule has 0 aliphatic carbocycles. The largest absolute Gasteiger partial charge is 0.507 e. The van der Waals surface area contributed by atoms with Crippen LogP contribution in [0, 0.1) is 0 Å². The smallest absolute Gasteiger partial charge is 0.149 e. The molecule has 0 bridgehead atoms.